The van der Waals surface area contributed by atoms with Crippen molar-refractivity contribution in [1.82, 2.24) is 5.32 Å². The standard InChI is InChI=1S/C14H25NO2/c1-2-17-13(16)14(9-6-10-14)11-15-12-7-4-3-5-8-12/h12,15H,2-11H2,1H3. The average Bonchev–Trinajstić information content (AvgIpc) is 2.29. The molecule has 0 unspecified atom stereocenters. The van der Waals surface area contributed by atoms with E-state index < -0.39 is 0 Å². The van der Waals surface area contributed by atoms with Crippen molar-refractivity contribution in [2.75, 3.05) is 13.2 Å². The zero-order chi connectivity index (χ0) is 12.1. The van der Waals surface area contributed by atoms with E-state index in [1.807, 2.05) is 6.92 Å². The summed E-state index contributed by atoms with van der Waals surface area (Å²) in [5.74, 6) is 0.0227. The minimum absolute atomic E-state index is 0.0227. The smallest absolute Gasteiger partial charge is 0.313 e. The molecule has 3 heteroatoms. The average molecular weight is 239 g/mol. The third kappa shape index (κ3) is 3.01. The quantitative estimate of drug-likeness (QED) is 0.750. The Morgan fingerprint density at radius 2 is 1.94 bits per heavy atom. The van der Waals surface area contributed by atoms with Gasteiger partial charge in [0.25, 0.3) is 0 Å². The molecule has 0 aromatic rings. The molecule has 0 saturated heterocycles. The maximum absolute atomic E-state index is 12.0. The van der Waals surface area contributed by atoms with Gasteiger partial charge in [0.15, 0.2) is 0 Å². The molecule has 1 N–H and O–H groups in total. The van der Waals surface area contributed by atoms with E-state index in [4.69, 9.17) is 4.74 Å². The highest BCUT2D eigenvalue weighted by Gasteiger charge is 2.45. The van der Waals surface area contributed by atoms with Crippen LogP contribution in [0.4, 0.5) is 0 Å². The maximum Gasteiger partial charge on any atom is 0.313 e. The highest BCUT2D eigenvalue weighted by Crippen LogP contribution is 2.41. The molecule has 17 heavy (non-hydrogen) atoms. The van der Waals surface area contributed by atoms with Crippen molar-refractivity contribution in [1.29, 1.82) is 0 Å². The van der Waals surface area contributed by atoms with Gasteiger partial charge in [-0.1, -0.05) is 25.7 Å². The normalized spacial score (nSPS) is 24.1. The van der Waals surface area contributed by atoms with Crippen LogP contribution in [0.5, 0.6) is 0 Å². The minimum Gasteiger partial charge on any atom is -0.466 e. The summed E-state index contributed by atoms with van der Waals surface area (Å²) in [5, 5.41) is 3.60. The van der Waals surface area contributed by atoms with Gasteiger partial charge in [0.05, 0.1) is 12.0 Å². The number of carbonyl (C=O) groups excluding carboxylic acids is 1. The van der Waals surface area contributed by atoms with Crippen molar-refractivity contribution in [3.8, 4) is 0 Å². The monoisotopic (exact) mass is 239 g/mol. The van der Waals surface area contributed by atoms with Crippen LogP contribution in [-0.2, 0) is 9.53 Å². The summed E-state index contributed by atoms with van der Waals surface area (Å²) in [7, 11) is 0. The molecule has 0 radical (unpaired) electrons. The third-order valence-corrected chi connectivity index (χ3v) is 4.35. The Bertz CT molecular complexity index is 255. The fourth-order valence-corrected chi connectivity index (χ4v) is 2.99. The van der Waals surface area contributed by atoms with E-state index >= 15 is 0 Å². The van der Waals surface area contributed by atoms with Crippen LogP contribution in [0.3, 0.4) is 0 Å². The van der Waals surface area contributed by atoms with Crippen molar-refractivity contribution < 1.29 is 9.53 Å². The van der Waals surface area contributed by atoms with Gasteiger partial charge in [-0.05, 0) is 32.6 Å². The topological polar surface area (TPSA) is 38.3 Å². The van der Waals surface area contributed by atoms with Crippen LogP contribution in [0.1, 0.15) is 58.3 Å². The van der Waals surface area contributed by atoms with Crippen LogP contribution >= 0.6 is 0 Å². The first-order valence-corrected chi connectivity index (χ1v) is 7.17. The second kappa shape index (κ2) is 5.85. The second-order valence-electron chi connectivity index (χ2n) is 5.57. The number of hydrogen-bond acceptors (Lipinski definition) is 3. The summed E-state index contributed by atoms with van der Waals surface area (Å²) in [6.07, 6.45) is 9.79. The molecular formula is C14H25NO2. The van der Waals surface area contributed by atoms with Gasteiger partial charge in [-0.3, -0.25) is 4.79 Å². The van der Waals surface area contributed by atoms with Gasteiger partial charge < -0.3 is 10.1 Å². The van der Waals surface area contributed by atoms with Crippen molar-refractivity contribution in [2.45, 2.75) is 64.3 Å². The van der Waals surface area contributed by atoms with E-state index in [-0.39, 0.29) is 11.4 Å². The molecule has 98 valence electrons. The van der Waals surface area contributed by atoms with E-state index in [0.29, 0.717) is 12.6 Å². The van der Waals surface area contributed by atoms with E-state index in [0.717, 1.165) is 19.4 Å². The zero-order valence-electron chi connectivity index (χ0n) is 11.0. The molecule has 0 aromatic carbocycles. The molecule has 2 rings (SSSR count). The fraction of sp³-hybridized carbons (Fsp3) is 0.929. The summed E-state index contributed by atoms with van der Waals surface area (Å²) in [5.41, 5.74) is -0.187. The molecule has 2 aliphatic carbocycles. The van der Waals surface area contributed by atoms with E-state index in [2.05, 4.69) is 5.32 Å². The third-order valence-electron chi connectivity index (χ3n) is 4.35. The summed E-state index contributed by atoms with van der Waals surface area (Å²) in [6.45, 7) is 3.22. The lowest BCUT2D eigenvalue weighted by atomic mass is 9.68. The lowest BCUT2D eigenvalue weighted by Gasteiger charge is -2.40. The fourth-order valence-electron chi connectivity index (χ4n) is 2.99. The largest absolute Gasteiger partial charge is 0.466 e. The van der Waals surface area contributed by atoms with Crippen LogP contribution in [-0.4, -0.2) is 25.2 Å². The first-order valence-electron chi connectivity index (χ1n) is 7.17. The van der Waals surface area contributed by atoms with Gasteiger partial charge >= 0.3 is 5.97 Å². The van der Waals surface area contributed by atoms with Gasteiger partial charge in [0.1, 0.15) is 0 Å². The van der Waals surface area contributed by atoms with Crippen LogP contribution < -0.4 is 5.32 Å². The van der Waals surface area contributed by atoms with Gasteiger partial charge in [-0.15, -0.1) is 0 Å². The van der Waals surface area contributed by atoms with Gasteiger partial charge in [0, 0.05) is 12.6 Å². The number of rotatable bonds is 5. The minimum atomic E-state index is -0.187. The summed E-state index contributed by atoms with van der Waals surface area (Å²) in [4.78, 5) is 12.0. The molecule has 2 fully saturated rings. The van der Waals surface area contributed by atoms with Crippen molar-refractivity contribution in [2.24, 2.45) is 5.41 Å². The molecule has 0 bridgehead atoms. The molecule has 0 atom stereocenters. The highest BCUT2D eigenvalue weighted by molar-refractivity contribution is 5.78. The summed E-state index contributed by atoms with van der Waals surface area (Å²) < 4.78 is 5.21. The Hall–Kier alpha value is -0.570. The van der Waals surface area contributed by atoms with Crippen LogP contribution in [0, 0.1) is 5.41 Å². The van der Waals surface area contributed by atoms with E-state index in [1.165, 1.54) is 38.5 Å². The highest BCUT2D eigenvalue weighted by atomic mass is 16.5. The molecule has 0 amide bonds. The lowest BCUT2D eigenvalue weighted by Crippen LogP contribution is -2.49. The first-order chi connectivity index (χ1) is 8.27. The predicted molar refractivity (Wildman–Crippen MR) is 67.8 cm³/mol. The maximum atomic E-state index is 12.0. The summed E-state index contributed by atoms with van der Waals surface area (Å²) >= 11 is 0. The lowest BCUT2D eigenvalue weighted by molar-refractivity contribution is -0.160. The van der Waals surface area contributed by atoms with Crippen LogP contribution in [0.15, 0.2) is 0 Å². The van der Waals surface area contributed by atoms with Crippen molar-refractivity contribution >= 4 is 5.97 Å². The number of carbonyl (C=O) groups is 1. The number of esters is 1. The van der Waals surface area contributed by atoms with Crippen LogP contribution in [0.2, 0.25) is 0 Å². The molecule has 2 aliphatic rings. The van der Waals surface area contributed by atoms with E-state index in [9.17, 15) is 4.79 Å². The van der Waals surface area contributed by atoms with Gasteiger partial charge in [0.2, 0.25) is 0 Å². The molecule has 0 aliphatic heterocycles. The molecular weight excluding hydrogens is 214 g/mol. The Kier molecular flexibility index (Phi) is 4.43. The molecule has 0 aromatic heterocycles. The Balaban J connectivity index is 1.80. The SMILES string of the molecule is CCOC(=O)C1(CNC2CCCCC2)CCC1. The molecule has 0 heterocycles. The second-order valence-corrected chi connectivity index (χ2v) is 5.57. The zero-order valence-corrected chi connectivity index (χ0v) is 11.0. The Morgan fingerprint density at radius 3 is 2.47 bits per heavy atom. The van der Waals surface area contributed by atoms with E-state index in [1.54, 1.807) is 0 Å². The number of hydrogen-bond donors (Lipinski definition) is 1. The Labute approximate surface area is 104 Å². The summed E-state index contributed by atoms with van der Waals surface area (Å²) in [6, 6.07) is 0.635. The molecule has 3 nitrogen and oxygen atoms in total. The van der Waals surface area contributed by atoms with Gasteiger partial charge in [-0.2, -0.15) is 0 Å². The van der Waals surface area contributed by atoms with Crippen molar-refractivity contribution in [3.63, 3.8) is 0 Å². The molecule has 2 saturated carbocycles. The molecule has 0 spiro atoms. The predicted octanol–water partition coefficient (Wildman–Crippen LogP) is 2.64. The Morgan fingerprint density at radius 1 is 1.24 bits per heavy atom. The number of ether oxygens (including phenoxy) is 1. The van der Waals surface area contributed by atoms with Gasteiger partial charge in [-0.25, -0.2) is 0 Å². The van der Waals surface area contributed by atoms with Crippen molar-refractivity contribution in [3.05, 3.63) is 0 Å². The number of nitrogens with one attached hydrogen (secondary N) is 1. The first kappa shape index (κ1) is 12.9. The van der Waals surface area contributed by atoms with Crippen LogP contribution in [0.25, 0.3) is 0 Å².